The number of nitrogens with one attached hydrogen (secondary N) is 2. The number of halogens is 1. The molecule has 0 aliphatic heterocycles. The first-order valence-corrected chi connectivity index (χ1v) is 9.08. The number of amides is 1. The number of carbonyl (C=O) groups excluding carboxylic acids is 1. The number of aromatic nitrogens is 2. The van der Waals surface area contributed by atoms with Crippen LogP contribution in [-0.2, 0) is 6.42 Å². The van der Waals surface area contributed by atoms with Crippen LogP contribution in [0.2, 0.25) is 0 Å². The van der Waals surface area contributed by atoms with E-state index in [0.29, 0.717) is 5.56 Å². The van der Waals surface area contributed by atoms with Gasteiger partial charge in [-0.15, -0.1) is 12.4 Å². The molecule has 0 aliphatic carbocycles. The van der Waals surface area contributed by atoms with Crippen LogP contribution in [0, 0.1) is 0 Å². The Morgan fingerprint density at radius 3 is 2.18 bits per heavy atom. The summed E-state index contributed by atoms with van der Waals surface area (Å²) in [6.45, 7) is 5.93. The number of H-pyrrole nitrogens is 1. The Morgan fingerprint density at radius 1 is 1.00 bits per heavy atom. The van der Waals surface area contributed by atoms with Crippen LogP contribution in [0.5, 0.6) is 0 Å². The Kier molecular flexibility index (Phi) is 7.18. The molecule has 3 rings (SSSR count). The number of aromatic amines is 1. The lowest BCUT2D eigenvalue weighted by atomic mass is 9.95. The SMILES string of the molecule is CC(C)(C)NC(=O)c1ccc(C(=CCc2c[nH]cn2)c2ccccc2)cc1.Cl. The number of rotatable bonds is 5. The molecule has 4 nitrogen and oxygen atoms in total. The van der Waals surface area contributed by atoms with Crippen molar-refractivity contribution in [3.8, 4) is 0 Å². The summed E-state index contributed by atoms with van der Waals surface area (Å²) in [5, 5.41) is 2.99. The summed E-state index contributed by atoms with van der Waals surface area (Å²) in [5.74, 6) is -0.0594. The number of nitrogens with zero attached hydrogens (tertiary/aromatic N) is 1. The normalized spacial score (nSPS) is 11.6. The highest BCUT2D eigenvalue weighted by molar-refractivity contribution is 5.95. The molecule has 2 N–H and O–H groups in total. The zero-order valence-corrected chi connectivity index (χ0v) is 17.2. The lowest BCUT2D eigenvalue weighted by Crippen LogP contribution is -2.40. The van der Waals surface area contributed by atoms with E-state index in [2.05, 4.69) is 33.5 Å². The second-order valence-electron chi connectivity index (χ2n) is 7.53. The van der Waals surface area contributed by atoms with Crippen molar-refractivity contribution >= 4 is 23.9 Å². The molecule has 5 heteroatoms. The van der Waals surface area contributed by atoms with E-state index >= 15 is 0 Å². The van der Waals surface area contributed by atoms with Gasteiger partial charge in [-0.3, -0.25) is 4.79 Å². The number of imidazole rings is 1. The van der Waals surface area contributed by atoms with Crippen LogP contribution in [0.1, 0.15) is 48.0 Å². The predicted octanol–water partition coefficient (Wildman–Crippen LogP) is 5.03. The lowest BCUT2D eigenvalue weighted by molar-refractivity contribution is 0.0919. The van der Waals surface area contributed by atoms with Gasteiger partial charge < -0.3 is 10.3 Å². The number of hydrogen-bond donors (Lipinski definition) is 2. The lowest BCUT2D eigenvalue weighted by Gasteiger charge is -2.20. The van der Waals surface area contributed by atoms with Crippen molar-refractivity contribution in [3.05, 3.63) is 95.6 Å². The minimum atomic E-state index is -0.256. The first-order chi connectivity index (χ1) is 12.9. The van der Waals surface area contributed by atoms with E-state index in [4.69, 9.17) is 0 Å². The fraction of sp³-hybridized carbons (Fsp3) is 0.217. The summed E-state index contributed by atoms with van der Waals surface area (Å²) in [7, 11) is 0. The van der Waals surface area contributed by atoms with Gasteiger partial charge >= 0.3 is 0 Å². The minimum absolute atomic E-state index is 0. The molecule has 0 radical (unpaired) electrons. The fourth-order valence-electron chi connectivity index (χ4n) is 2.84. The molecule has 146 valence electrons. The van der Waals surface area contributed by atoms with E-state index in [0.717, 1.165) is 28.8 Å². The molecule has 28 heavy (non-hydrogen) atoms. The van der Waals surface area contributed by atoms with Crippen molar-refractivity contribution in [2.75, 3.05) is 0 Å². The molecule has 0 spiro atoms. The highest BCUT2D eigenvalue weighted by Gasteiger charge is 2.15. The van der Waals surface area contributed by atoms with Crippen molar-refractivity contribution < 1.29 is 4.79 Å². The van der Waals surface area contributed by atoms with Gasteiger partial charge in [-0.2, -0.15) is 0 Å². The zero-order chi connectivity index (χ0) is 19.3. The van der Waals surface area contributed by atoms with Crippen LogP contribution < -0.4 is 5.32 Å². The number of carbonyl (C=O) groups is 1. The molecular formula is C23H26ClN3O. The average molecular weight is 396 g/mol. The van der Waals surface area contributed by atoms with Crippen LogP contribution in [0.3, 0.4) is 0 Å². The molecule has 0 bridgehead atoms. The summed E-state index contributed by atoms with van der Waals surface area (Å²) in [6.07, 6.45) is 6.50. The number of hydrogen-bond acceptors (Lipinski definition) is 2. The molecule has 1 aromatic heterocycles. The van der Waals surface area contributed by atoms with Gasteiger partial charge in [0.05, 0.1) is 12.0 Å². The quantitative estimate of drug-likeness (QED) is 0.636. The molecule has 1 amide bonds. The van der Waals surface area contributed by atoms with Crippen LogP contribution >= 0.6 is 12.4 Å². The number of allylic oxidation sites excluding steroid dienone is 1. The Balaban J connectivity index is 0.00000280. The van der Waals surface area contributed by atoms with Crippen molar-refractivity contribution in [2.45, 2.75) is 32.7 Å². The molecule has 0 saturated heterocycles. The van der Waals surface area contributed by atoms with E-state index in [-0.39, 0.29) is 23.9 Å². The van der Waals surface area contributed by atoms with Gasteiger partial charge in [0.25, 0.3) is 5.91 Å². The average Bonchev–Trinajstić information content (AvgIpc) is 3.15. The molecule has 0 saturated carbocycles. The summed E-state index contributed by atoms with van der Waals surface area (Å²) in [4.78, 5) is 19.6. The third kappa shape index (κ3) is 5.83. The van der Waals surface area contributed by atoms with Crippen molar-refractivity contribution in [2.24, 2.45) is 0 Å². The smallest absolute Gasteiger partial charge is 0.251 e. The van der Waals surface area contributed by atoms with Crippen LogP contribution in [-0.4, -0.2) is 21.4 Å². The largest absolute Gasteiger partial charge is 0.351 e. The summed E-state index contributed by atoms with van der Waals surface area (Å²) >= 11 is 0. The molecule has 0 fully saturated rings. The van der Waals surface area contributed by atoms with Gasteiger partial charge in [-0.25, -0.2) is 4.98 Å². The van der Waals surface area contributed by atoms with Gasteiger partial charge in [-0.1, -0.05) is 48.5 Å². The standard InChI is InChI=1S/C23H25N3O.ClH/c1-23(2,3)26-22(27)19-11-9-18(10-12-19)21(17-7-5-4-6-8-17)14-13-20-15-24-16-25-20;/h4-12,14-16H,13H2,1-3H3,(H,24,25)(H,26,27);1H. The summed E-state index contributed by atoms with van der Waals surface area (Å²) < 4.78 is 0. The van der Waals surface area contributed by atoms with E-state index in [9.17, 15) is 4.79 Å². The third-order valence-electron chi connectivity index (χ3n) is 4.10. The Morgan fingerprint density at radius 2 is 1.61 bits per heavy atom. The second-order valence-corrected chi connectivity index (χ2v) is 7.53. The Labute approximate surface area is 172 Å². The fourth-order valence-corrected chi connectivity index (χ4v) is 2.84. The van der Waals surface area contributed by atoms with Crippen molar-refractivity contribution in [3.63, 3.8) is 0 Å². The summed E-state index contributed by atoms with van der Waals surface area (Å²) in [5.41, 5.74) is 4.73. The van der Waals surface area contributed by atoms with Crippen LogP contribution in [0.4, 0.5) is 0 Å². The highest BCUT2D eigenvalue weighted by atomic mass is 35.5. The van der Waals surface area contributed by atoms with Gasteiger partial charge in [-0.05, 0) is 49.6 Å². The molecular weight excluding hydrogens is 370 g/mol. The second kappa shape index (κ2) is 9.38. The topological polar surface area (TPSA) is 57.8 Å². The maximum absolute atomic E-state index is 12.4. The van der Waals surface area contributed by atoms with Crippen LogP contribution in [0.15, 0.2) is 73.2 Å². The maximum atomic E-state index is 12.4. The van der Waals surface area contributed by atoms with Gasteiger partial charge in [0.2, 0.25) is 0 Å². The van der Waals surface area contributed by atoms with Gasteiger partial charge in [0, 0.05) is 23.7 Å². The Hall–Kier alpha value is -2.85. The van der Waals surface area contributed by atoms with E-state index < -0.39 is 0 Å². The van der Waals surface area contributed by atoms with Crippen molar-refractivity contribution in [1.82, 2.24) is 15.3 Å². The van der Waals surface area contributed by atoms with E-state index in [1.807, 2.05) is 69.4 Å². The van der Waals surface area contributed by atoms with E-state index in [1.165, 1.54) is 0 Å². The number of benzene rings is 2. The molecule has 3 aromatic rings. The van der Waals surface area contributed by atoms with E-state index in [1.54, 1.807) is 6.33 Å². The monoisotopic (exact) mass is 395 g/mol. The maximum Gasteiger partial charge on any atom is 0.251 e. The predicted molar refractivity (Wildman–Crippen MR) is 117 cm³/mol. The highest BCUT2D eigenvalue weighted by Crippen LogP contribution is 2.24. The van der Waals surface area contributed by atoms with Gasteiger partial charge in [0.1, 0.15) is 0 Å². The van der Waals surface area contributed by atoms with Crippen LogP contribution in [0.25, 0.3) is 5.57 Å². The molecule has 1 heterocycles. The molecule has 0 aliphatic rings. The third-order valence-corrected chi connectivity index (χ3v) is 4.10. The molecule has 0 unspecified atom stereocenters. The molecule has 0 atom stereocenters. The minimum Gasteiger partial charge on any atom is -0.351 e. The van der Waals surface area contributed by atoms with Crippen molar-refractivity contribution in [1.29, 1.82) is 0 Å². The first kappa shape index (κ1) is 21.5. The molecule has 2 aromatic carbocycles. The van der Waals surface area contributed by atoms with Gasteiger partial charge in [0.15, 0.2) is 0 Å². The Bertz CT molecular complexity index is 909. The summed E-state index contributed by atoms with van der Waals surface area (Å²) in [6, 6.07) is 18.0. The first-order valence-electron chi connectivity index (χ1n) is 9.08. The zero-order valence-electron chi connectivity index (χ0n) is 16.4.